The average molecular weight is 298 g/mol. The number of hydrogen-bond donors (Lipinski definition) is 0. The van der Waals surface area contributed by atoms with Crippen LogP contribution in [0.1, 0.15) is 5.56 Å². The lowest BCUT2D eigenvalue weighted by molar-refractivity contribution is 1.15. The van der Waals surface area contributed by atoms with Crippen molar-refractivity contribution in [2.45, 2.75) is 6.42 Å². The third kappa shape index (κ3) is 2.77. The third-order valence-electron chi connectivity index (χ3n) is 1.37. The quantitative estimate of drug-likeness (QED) is 0.723. The van der Waals surface area contributed by atoms with E-state index in [1.165, 1.54) is 5.56 Å². The van der Waals surface area contributed by atoms with Crippen molar-refractivity contribution >= 4 is 43.5 Å². The normalized spacial score (nSPS) is 10.1. The smallest absolute Gasteiger partial charge is 0.0409 e. The Labute approximate surface area is 88.2 Å². The van der Waals surface area contributed by atoms with Crippen molar-refractivity contribution in [1.82, 2.24) is 0 Å². The van der Waals surface area contributed by atoms with Gasteiger partial charge in [0.1, 0.15) is 0 Å². The van der Waals surface area contributed by atoms with Gasteiger partial charge in [0.15, 0.2) is 0 Å². The zero-order valence-electron chi connectivity index (χ0n) is 5.78. The van der Waals surface area contributed by atoms with Gasteiger partial charge >= 0.3 is 0 Å². The first-order chi connectivity index (χ1) is 5.24. The average Bonchev–Trinajstić information content (AvgIpc) is 1.98. The molecule has 0 unspecified atom stereocenters. The van der Waals surface area contributed by atoms with E-state index in [4.69, 9.17) is 11.6 Å². The Morgan fingerprint density at radius 3 is 2.73 bits per heavy atom. The molecular weight excluding hydrogens is 291 g/mol. The summed E-state index contributed by atoms with van der Waals surface area (Å²) in [5.74, 6) is 0. The molecule has 3 heteroatoms. The van der Waals surface area contributed by atoms with Crippen LogP contribution in [-0.4, -0.2) is 5.33 Å². The van der Waals surface area contributed by atoms with Gasteiger partial charge in [-0.05, 0) is 30.2 Å². The lowest BCUT2D eigenvalue weighted by Gasteiger charge is -2.01. The fourth-order valence-corrected chi connectivity index (χ4v) is 1.90. The second-order valence-electron chi connectivity index (χ2n) is 2.17. The topological polar surface area (TPSA) is 0 Å². The molecule has 0 nitrogen and oxygen atoms in total. The van der Waals surface area contributed by atoms with Crippen molar-refractivity contribution in [3.63, 3.8) is 0 Å². The van der Waals surface area contributed by atoms with Crippen molar-refractivity contribution in [1.29, 1.82) is 0 Å². The van der Waals surface area contributed by atoms with Crippen LogP contribution < -0.4 is 0 Å². The summed E-state index contributed by atoms with van der Waals surface area (Å²) in [5.41, 5.74) is 1.24. The summed E-state index contributed by atoms with van der Waals surface area (Å²) in [6.45, 7) is 0. The van der Waals surface area contributed by atoms with E-state index < -0.39 is 0 Å². The van der Waals surface area contributed by atoms with Gasteiger partial charge in [-0.25, -0.2) is 0 Å². The third-order valence-corrected chi connectivity index (χ3v) is 2.78. The molecule has 1 rings (SSSR count). The van der Waals surface area contributed by atoms with E-state index in [0.29, 0.717) is 0 Å². The van der Waals surface area contributed by atoms with Crippen LogP contribution in [0.15, 0.2) is 22.7 Å². The molecule has 0 aromatic heterocycles. The van der Waals surface area contributed by atoms with Gasteiger partial charge in [-0.1, -0.05) is 43.5 Å². The van der Waals surface area contributed by atoms with Gasteiger partial charge in [-0.2, -0.15) is 0 Å². The van der Waals surface area contributed by atoms with Crippen LogP contribution in [0.4, 0.5) is 0 Å². The van der Waals surface area contributed by atoms with Crippen LogP contribution in [-0.2, 0) is 6.42 Å². The zero-order chi connectivity index (χ0) is 8.27. The van der Waals surface area contributed by atoms with Crippen LogP contribution in [0.2, 0.25) is 5.02 Å². The molecule has 0 saturated carbocycles. The molecule has 0 fully saturated rings. The standard InChI is InChI=1S/C8H7Br2Cl/c9-4-3-6-5-7(11)1-2-8(6)10/h1-2,5H,3-4H2. The highest BCUT2D eigenvalue weighted by atomic mass is 79.9. The van der Waals surface area contributed by atoms with Crippen molar-refractivity contribution in [3.8, 4) is 0 Å². The van der Waals surface area contributed by atoms with Crippen LogP contribution >= 0.6 is 43.5 Å². The summed E-state index contributed by atoms with van der Waals surface area (Å²) in [4.78, 5) is 0. The van der Waals surface area contributed by atoms with Gasteiger partial charge in [0.2, 0.25) is 0 Å². The summed E-state index contributed by atoms with van der Waals surface area (Å²) in [7, 11) is 0. The number of rotatable bonds is 2. The number of hydrogen-bond acceptors (Lipinski definition) is 0. The molecule has 0 aliphatic rings. The summed E-state index contributed by atoms with van der Waals surface area (Å²) < 4.78 is 1.13. The molecule has 0 aliphatic carbocycles. The Morgan fingerprint density at radius 1 is 1.36 bits per heavy atom. The number of alkyl halides is 1. The van der Waals surface area contributed by atoms with E-state index in [0.717, 1.165) is 21.2 Å². The molecule has 0 amide bonds. The maximum Gasteiger partial charge on any atom is 0.0409 e. The molecule has 0 atom stereocenters. The Kier molecular flexibility index (Phi) is 3.90. The molecule has 0 radical (unpaired) electrons. The van der Waals surface area contributed by atoms with Crippen LogP contribution in [0.5, 0.6) is 0 Å². The fourth-order valence-electron chi connectivity index (χ4n) is 0.837. The summed E-state index contributed by atoms with van der Waals surface area (Å²) in [5, 5.41) is 1.76. The van der Waals surface area contributed by atoms with Crippen LogP contribution in [0, 0.1) is 0 Å². The molecule has 0 N–H and O–H groups in total. The van der Waals surface area contributed by atoms with E-state index in [1.54, 1.807) is 0 Å². The minimum Gasteiger partial charge on any atom is -0.0924 e. The molecule has 1 aromatic carbocycles. The van der Waals surface area contributed by atoms with E-state index >= 15 is 0 Å². The van der Waals surface area contributed by atoms with Gasteiger partial charge in [0.05, 0.1) is 0 Å². The van der Waals surface area contributed by atoms with Gasteiger partial charge in [0, 0.05) is 14.8 Å². The molecule has 0 bridgehead atoms. The SMILES string of the molecule is Clc1ccc(Br)c(CCBr)c1. The fraction of sp³-hybridized carbons (Fsp3) is 0.250. The largest absolute Gasteiger partial charge is 0.0924 e. The maximum absolute atomic E-state index is 5.82. The molecular formula is C8H7Br2Cl. The second kappa shape index (κ2) is 4.48. The van der Waals surface area contributed by atoms with Crippen molar-refractivity contribution in [3.05, 3.63) is 33.3 Å². The van der Waals surface area contributed by atoms with E-state index in [9.17, 15) is 0 Å². The lowest BCUT2D eigenvalue weighted by atomic mass is 10.2. The highest BCUT2D eigenvalue weighted by Crippen LogP contribution is 2.21. The predicted octanol–water partition coefficient (Wildman–Crippen LogP) is 4.04. The number of benzene rings is 1. The maximum atomic E-state index is 5.82. The highest BCUT2D eigenvalue weighted by Gasteiger charge is 1.98. The molecule has 1 aromatic rings. The second-order valence-corrected chi connectivity index (χ2v) is 4.26. The molecule has 0 aliphatic heterocycles. The Bertz CT molecular complexity index is 248. The zero-order valence-corrected chi connectivity index (χ0v) is 9.71. The molecule has 0 heterocycles. The van der Waals surface area contributed by atoms with Crippen molar-refractivity contribution < 1.29 is 0 Å². The first-order valence-electron chi connectivity index (χ1n) is 3.24. The summed E-state index contributed by atoms with van der Waals surface area (Å²) in [6, 6.07) is 5.83. The minimum absolute atomic E-state index is 0.796. The molecule has 0 saturated heterocycles. The van der Waals surface area contributed by atoms with Crippen molar-refractivity contribution in [2.24, 2.45) is 0 Å². The number of halogens is 3. The van der Waals surface area contributed by atoms with E-state index in [-0.39, 0.29) is 0 Å². The van der Waals surface area contributed by atoms with Gasteiger partial charge in [-0.15, -0.1) is 0 Å². The predicted molar refractivity (Wildman–Crippen MR) is 56.7 cm³/mol. The van der Waals surface area contributed by atoms with Crippen LogP contribution in [0.3, 0.4) is 0 Å². The molecule has 0 spiro atoms. The van der Waals surface area contributed by atoms with Gasteiger partial charge in [-0.3, -0.25) is 0 Å². The first-order valence-corrected chi connectivity index (χ1v) is 5.53. The highest BCUT2D eigenvalue weighted by molar-refractivity contribution is 9.10. The van der Waals surface area contributed by atoms with Gasteiger partial charge in [0.25, 0.3) is 0 Å². The minimum atomic E-state index is 0.796. The Balaban J connectivity index is 2.93. The van der Waals surface area contributed by atoms with Gasteiger partial charge < -0.3 is 0 Å². The monoisotopic (exact) mass is 296 g/mol. The Hall–Kier alpha value is 0.470. The molecule has 60 valence electrons. The summed E-state index contributed by atoms with van der Waals surface area (Å²) >= 11 is 12.6. The van der Waals surface area contributed by atoms with Crippen LogP contribution in [0.25, 0.3) is 0 Å². The molecule has 11 heavy (non-hydrogen) atoms. The van der Waals surface area contributed by atoms with Crippen molar-refractivity contribution in [2.75, 3.05) is 5.33 Å². The Morgan fingerprint density at radius 2 is 2.09 bits per heavy atom. The summed E-state index contributed by atoms with van der Waals surface area (Å²) in [6.07, 6.45) is 1.00. The lowest BCUT2D eigenvalue weighted by Crippen LogP contribution is -1.86. The van der Waals surface area contributed by atoms with E-state index in [1.807, 2.05) is 18.2 Å². The number of aryl methyl sites for hydroxylation is 1. The first kappa shape index (κ1) is 9.56. The van der Waals surface area contributed by atoms with E-state index in [2.05, 4.69) is 31.9 Å².